The van der Waals surface area contributed by atoms with Crippen molar-refractivity contribution in [3.8, 4) is 0 Å². The van der Waals surface area contributed by atoms with Crippen LogP contribution >= 0.6 is 0 Å². The van der Waals surface area contributed by atoms with E-state index in [9.17, 15) is 8.78 Å². The maximum Gasteiger partial charge on any atom is 0.123 e. The fourth-order valence-electron chi connectivity index (χ4n) is 1.60. The minimum Gasteiger partial charge on any atom is -0.395 e. The summed E-state index contributed by atoms with van der Waals surface area (Å²) in [5.41, 5.74) is 1.87. The summed E-state index contributed by atoms with van der Waals surface area (Å²) in [5.74, 6) is -0.666. The molecule has 0 aliphatic rings. The van der Waals surface area contributed by atoms with Crippen molar-refractivity contribution >= 4 is 5.71 Å². The van der Waals surface area contributed by atoms with Gasteiger partial charge in [0.1, 0.15) is 24.0 Å². The van der Waals surface area contributed by atoms with Gasteiger partial charge in [-0.3, -0.25) is 0 Å². The second kappa shape index (κ2) is 6.09. The molecular formula is C15H12F2NO. The van der Waals surface area contributed by atoms with Crippen LogP contribution in [0, 0.1) is 18.6 Å². The molecule has 19 heavy (non-hydrogen) atoms. The van der Waals surface area contributed by atoms with Crippen molar-refractivity contribution in [1.82, 2.24) is 0 Å². The first-order valence-corrected chi connectivity index (χ1v) is 5.72. The maximum absolute atomic E-state index is 12.9. The summed E-state index contributed by atoms with van der Waals surface area (Å²) in [4.78, 5) is 4.95. The Hall–Kier alpha value is -2.23. The molecule has 0 atom stereocenters. The monoisotopic (exact) mass is 260 g/mol. The van der Waals surface area contributed by atoms with E-state index in [1.807, 2.05) is 0 Å². The zero-order valence-corrected chi connectivity index (χ0v) is 10.1. The Bertz CT molecular complexity index is 514. The number of oxime groups is 1. The average molecular weight is 260 g/mol. The number of benzene rings is 2. The van der Waals surface area contributed by atoms with Crippen LogP contribution in [0.15, 0.2) is 53.7 Å². The zero-order chi connectivity index (χ0) is 13.7. The minimum atomic E-state index is -0.333. The molecule has 97 valence electrons. The van der Waals surface area contributed by atoms with E-state index in [0.717, 1.165) is 0 Å². The Kier molecular flexibility index (Phi) is 4.23. The molecule has 0 saturated heterocycles. The van der Waals surface area contributed by atoms with Gasteiger partial charge in [-0.1, -0.05) is 5.16 Å². The smallest absolute Gasteiger partial charge is 0.123 e. The van der Waals surface area contributed by atoms with E-state index < -0.39 is 0 Å². The first kappa shape index (κ1) is 13.2. The molecule has 0 bridgehead atoms. The second-order valence-electron chi connectivity index (χ2n) is 3.79. The molecule has 0 spiro atoms. The normalized spacial score (nSPS) is 10.1. The summed E-state index contributed by atoms with van der Waals surface area (Å²) in [6.45, 7) is 3.70. The molecule has 2 nitrogen and oxygen atoms in total. The molecule has 0 unspecified atom stereocenters. The SMILES string of the molecule is [CH2]CON=C(c1ccc(F)cc1)c1ccc(F)cc1. The lowest BCUT2D eigenvalue weighted by Crippen LogP contribution is -2.05. The van der Waals surface area contributed by atoms with Crippen molar-refractivity contribution in [3.63, 3.8) is 0 Å². The fourth-order valence-corrected chi connectivity index (χ4v) is 1.60. The van der Waals surface area contributed by atoms with E-state index in [0.29, 0.717) is 16.8 Å². The van der Waals surface area contributed by atoms with Gasteiger partial charge in [-0.15, -0.1) is 0 Å². The predicted molar refractivity (Wildman–Crippen MR) is 69.7 cm³/mol. The van der Waals surface area contributed by atoms with Crippen LogP contribution in [-0.2, 0) is 4.84 Å². The summed E-state index contributed by atoms with van der Waals surface area (Å²) in [7, 11) is 0. The van der Waals surface area contributed by atoms with Crippen LogP contribution in [0.25, 0.3) is 0 Å². The van der Waals surface area contributed by atoms with Crippen LogP contribution in [0.1, 0.15) is 11.1 Å². The fraction of sp³-hybridized carbons (Fsp3) is 0.0667. The number of hydrogen-bond acceptors (Lipinski definition) is 2. The molecule has 0 aromatic heterocycles. The molecule has 0 amide bonds. The number of nitrogens with zero attached hydrogens (tertiary/aromatic N) is 1. The molecule has 0 heterocycles. The number of rotatable bonds is 4. The second-order valence-corrected chi connectivity index (χ2v) is 3.79. The first-order chi connectivity index (χ1) is 9.20. The molecule has 4 heteroatoms. The van der Waals surface area contributed by atoms with Crippen molar-refractivity contribution in [1.29, 1.82) is 0 Å². The molecular weight excluding hydrogens is 248 g/mol. The zero-order valence-electron chi connectivity index (χ0n) is 10.1. The van der Waals surface area contributed by atoms with Crippen LogP contribution in [0.3, 0.4) is 0 Å². The van der Waals surface area contributed by atoms with Crippen molar-refractivity contribution in [2.45, 2.75) is 0 Å². The van der Waals surface area contributed by atoms with E-state index in [1.165, 1.54) is 24.3 Å². The first-order valence-electron chi connectivity index (χ1n) is 5.72. The summed E-state index contributed by atoms with van der Waals surface area (Å²) in [5, 5.41) is 3.95. The summed E-state index contributed by atoms with van der Waals surface area (Å²) in [6.07, 6.45) is 0. The Morgan fingerprint density at radius 1 is 0.895 bits per heavy atom. The lowest BCUT2D eigenvalue weighted by atomic mass is 10.0. The highest BCUT2D eigenvalue weighted by Gasteiger charge is 2.08. The summed E-state index contributed by atoms with van der Waals surface area (Å²) < 4.78 is 25.9. The van der Waals surface area contributed by atoms with Crippen LogP contribution < -0.4 is 0 Å². The van der Waals surface area contributed by atoms with Gasteiger partial charge in [-0.2, -0.15) is 0 Å². The van der Waals surface area contributed by atoms with Crippen molar-refractivity contribution in [2.75, 3.05) is 6.61 Å². The highest BCUT2D eigenvalue weighted by molar-refractivity contribution is 6.12. The van der Waals surface area contributed by atoms with E-state index in [-0.39, 0.29) is 18.2 Å². The topological polar surface area (TPSA) is 21.6 Å². The Morgan fingerprint density at radius 2 is 1.32 bits per heavy atom. The van der Waals surface area contributed by atoms with Crippen LogP contribution in [-0.4, -0.2) is 12.3 Å². The van der Waals surface area contributed by atoms with Gasteiger partial charge in [0, 0.05) is 11.1 Å². The molecule has 2 aromatic carbocycles. The standard InChI is InChI=1S/C15H12F2NO/c1-2-19-18-15(11-3-7-13(16)8-4-11)12-5-9-14(17)10-6-12/h3-10H,1-2H2. The molecule has 2 rings (SSSR count). The van der Waals surface area contributed by atoms with Gasteiger partial charge >= 0.3 is 0 Å². The quantitative estimate of drug-likeness (QED) is 0.608. The van der Waals surface area contributed by atoms with Crippen LogP contribution in [0.2, 0.25) is 0 Å². The van der Waals surface area contributed by atoms with Gasteiger partial charge < -0.3 is 4.84 Å². The molecule has 0 fully saturated rings. The Morgan fingerprint density at radius 3 is 1.68 bits per heavy atom. The van der Waals surface area contributed by atoms with Gasteiger partial charge in [0.05, 0.1) is 0 Å². The van der Waals surface area contributed by atoms with Gasteiger partial charge in [0.25, 0.3) is 0 Å². The minimum absolute atomic E-state index is 0.173. The van der Waals surface area contributed by atoms with Crippen molar-refractivity contribution in [2.24, 2.45) is 5.16 Å². The lowest BCUT2D eigenvalue weighted by Gasteiger charge is -2.07. The Labute approximate surface area is 110 Å². The van der Waals surface area contributed by atoms with E-state index >= 15 is 0 Å². The largest absolute Gasteiger partial charge is 0.395 e. The van der Waals surface area contributed by atoms with E-state index in [4.69, 9.17) is 4.84 Å². The van der Waals surface area contributed by atoms with Gasteiger partial charge in [-0.25, -0.2) is 8.78 Å². The van der Waals surface area contributed by atoms with E-state index in [1.54, 1.807) is 24.3 Å². The lowest BCUT2D eigenvalue weighted by molar-refractivity contribution is 0.173. The van der Waals surface area contributed by atoms with Crippen LogP contribution in [0.5, 0.6) is 0 Å². The molecule has 0 aliphatic carbocycles. The van der Waals surface area contributed by atoms with Gasteiger partial charge in [0.15, 0.2) is 0 Å². The third-order valence-corrected chi connectivity index (χ3v) is 2.48. The third-order valence-electron chi connectivity index (χ3n) is 2.48. The third kappa shape index (κ3) is 3.37. The number of halogens is 2. The predicted octanol–water partition coefficient (Wildman–Crippen LogP) is 3.57. The highest BCUT2D eigenvalue weighted by Crippen LogP contribution is 2.13. The maximum atomic E-state index is 12.9. The molecule has 0 saturated carbocycles. The van der Waals surface area contributed by atoms with Gasteiger partial charge in [-0.05, 0) is 55.5 Å². The summed E-state index contributed by atoms with van der Waals surface area (Å²) >= 11 is 0. The Balaban J connectivity index is 2.41. The van der Waals surface area contributed by atoms with Crippen molar-refractivity contribution < 1.29 is 13.6 Å². The molecule has 1 radical (unpaired) electrons. The van der Waals surface area contributed by atoms with Crippen molar-refractivity contribution in [3.05, 3.63) is 78.2 Å². The van der Waals surface area contributed by atoms with Gasteiger partial charge in [0.2, 0.25) is 0 Å². The molecule has 0 N–H and O–H groups in total. The molecule has 2 aromatic rings. The highest BCUT2D eigenvalue weighted by atomic mass is 19.1. The molecule has 0 aliphatic heterocycles. The van der Waals surface area contributed by atoms with Crippen LogP contribution in [0.4, 0.5) is 8.78 Å². The summed E-state index contributed by atoms with van der Waals surface area (Å²) in [6, 6.07) is 11.7. The van der Waals surface area contributed by atoms with E-state index in [2.05, 4.69) is 12.1 Å². The average Bonchev–Trinajstić information content (AvgIpc) is 2.43. The number of hydrogen-bond donors (Lipinski definition) is 0.